The van der Waals surface area contributed by atoms with Gasteiger partial charge in [0.15, 0.2) is 10.8 Å². The van der Waals surface area contributed by atoms with Crippen LogP contribution in [0.5, 0.6) is 0 Å². The van der Waals surface area contributed by atoms with Gasteiger partial charge in [-0.05, 0) is 62.1 Å². The molecule has 0 atom stereocenters. The number of nitrogens with zero attached hydrogens (tertiary/aromatic N) is 7. The molecule has 3 N–H and O–H groups in total. The Morgan fingerprint density at radius 3 is 2.59 bits per heavy atom. The van der Waals surface area contributed by atoms with Crippen molar-refractivity contribution in [1.29, 1.82) is 0 Å². The van der Waals surface area contributed by atoms with E-state index in [1.165, 1.54) is 37.3 Å². The highest BCUT2D eigenvalue weighted by atomic mass is 32.1. The number of nitrogens with one attached hydrogen (secondary N) is 1. The van der Waals surface area contributed by atoms with E-state index in [9.17, 15) is 9.59 Å². The van der Waals surface area contributed by atoms with Crippen LogP contribution >= 0.6 is 11.3 Å². The second-order valence-electron chi connectivity index (χ2n) is 12.5. The first-order valence-electron chi connectivity index (χ1n) is 14.6. The van der Waals surface area contributed by atoms with Gasteiger partial charge in [0, 0.05) is 43.3 Å². The molecule has 2 saturated heterocycles. The van der Waals surface area contributed by atoms with Crippen LogP contribution in [0.2, 0.25) is 0 Å². The Labute approximate surface area is 244 Å². The minimum Gasteiger partial charge on any atom is -0.368 e. The average Bonchev–Trinajstić information content (AvgIpc) is 3.54. The predicted octanol–water partition coefficient (Wildman–Crippen LogP) is 3.27. The van der Waals surface area contributed by atoms with Gasteiger partial charge in [-0.15, -0.1) is 11.3 Å². The number of carbonyl (C=O) groups is 2. The van der Waals surface area contributed by atoms with Gasteiger partial charge < -0.3 is 15.5 Å². The van der Waals surface area contributed by atoms with Crippen molar-refractivity contribution in [3.05, 3.63) is 34.1 Å². The highest BCUT2D eigenvalue weighted by molar-refractivity contribution is 7.14. The Balaban J connectivity index is 1.10. The zero-order valence-electron chi connectivity index (χ0n) is 24.3. The molecule has 0 unspecified atom stereocenters. The third kappa shape index (κ3) is 5.46. The second kappa shape index (κ2) is 10.8. The number of carbonyl (C=O) groups excluding carboxylic acids is 2. The van der Waals surface area contributed by atoms with E-state index in [1.54, 1.807) is 10.9 Å². The molecule has 2 fully saturated rings. The summed E-state index contributed by atoms with van der Waals surface area (Å²) in [4.78, 5) is 44.3. The smallest absolute Gasteiger partial charge is 0.278 e. The van der Waals surface area contributed by atoms with E-state index in [2.05, 4.69) is 51.0 Å². The monoisotopic (exact) mass is 577 g/mol. The van der Waals surface area contributed by atoms with Crippen LogP contribution in [0.4, 0.5) is 11.1 Å². The van der Waals surface area contributed by atoms with Crippen LogP contribution in [0.25, 0.3) is 11.4 Å². The number of nitrogens with two attached hydrogens (primary N) is 1. The zero-order chi connectivity index (χ0) is 28.9. The Kier molecular flexibility index (Phi) is 7.31. The summed E-state index contributed by atoms with van der Waals surface area (Å²) < 4.78 is 1.69. The molecule has 2 aliphatic heterocycles. The van der Waals surface area contributed by atoms with E-state index in [0.29, 0.717) is 34.7 Å². The van der Waals surface area contributed by atoms with E-state index in [-0.39, 0.29) is 29.6 Å². The van der Waals surface area contributed by atoms with Crippen LogP contribution in [0.1, 0.15) is 73.8 Å². The van der Waals surface area contributed by atoms with Crippen LogP contribution in [0, 0.1) is 5.92 Å². The molecule has 41 heavy (non-hydrogen) atoms. The summed E-state index contributed by atoms with van der Waals surface area (Å²) in [6, 6.07) is 0.591. The molecule has 3 aliphatic rings. The zero-order valence-corrected chi connectivity index (χ0v) is 25.1. The lowest BCUT2D eigenvalue weighted by molar-refractivity contribution is -0.132. The molecule has 0 spiro atoms. The first-order chi connectivity index (χ1) is 19.6. The minimum atomic E-state index is -0.358. The maximum Gasteiger partial charge on any atom is 0.278 e. The van der Waals surface area contributed by atoms with Crippen molar-refractivity contribution in [1.82, 2.24) is 34.5 Å². The minimum absolute atomic E-state index is 0.0966. The standard InChI is InChI=1S/C29H39N9O2S/c1-17-5-9-37(10-6-17)20-7-11-38(12-8-20)21(39)13-19-16-41-28(32-19)34-26(40)24-22-25(36(4)35-24)23-18(14-29(22,2)3)15-31-27(30)33-23/h15-17,20H,5-14H2,1-4H3,(H2,30,31,33)(H,32,34,40). The second-order valence-corrected chi connectivity index (χ2v) is 13.3. The lowest BCUT2D eigenvalue weighted by Crippen LogP contribution is -2.49. The van der Waals surface area contributed by atoms with Crippen molar-refractivity contribution in [3.8, 4) is 11.4 Å². The maximum absolute atomic E-state index is 13.5. The number of rotatable bonds is 5. The summed E-state index contributed by atoms with van der Waals surface area (Å²) in [6.45, 7) is 10.5. The van der Waals surface area contributed by atoms with Gasteiger partial charge in [-0.25, -0.2) is 15.0 Å². The highest BCUT2D eigenvalue weighted by Crippen LogP contribution is 2.43. The lowest BCUT2D eigenvalue weighted by Gasteiger charge is -2.41. The van der Waals surface area contributed by atoms with Crippen molar-refractivity contribution in [2.45, 2.75) is 70.8 Å². The molecule has 11 nitrogen and oxygen atoms in total. The maximum atomic E-state index is 13.5. The number of anilines is 2. The fourth-order valence-electron chi connectivity index (χ4n) is 6.66. The van der Waals surface area contributed by atoms with Crippen molar-refractivity contribution in [2.24, 2.45) is 13.0 Å². The van der Waals surface area contributed by atoms with Gasteiger partial charge in [0.05, 0.1) is 23.5 Å². The molecule has 1 aliphatic carbocycles. The highest BCUT2D eigenvalue weighted by Gasteiger charge is 2.40. The Morgan fingerprint density at radius 1 is 1.12 bits per heavy atom. The lowest BCUT2D eigenvalue weighted by atomic mass is 9.73. The van der Waals surface area contributed by atoms with Crippen LogP contribution in [-0.2, 0) is 30.1 Å². The summed E-state index contributed by atoms with van der Waals surface area (Å²) in [6.07, 6.45) is 7.28. The molecule has 0 bridgehead atoms. The number of likely N-dealkylation sites (tertiary alicyclic amines) is 2. The molecule has 0 radical (unpaired) electrons. The number of aryl methyl sites for hydroxylation is 1. The largest absolute Gasteiger partial charge is 0.368 e. The van der Waals surface area contributed by atoms with E-state index in [1.807, 2.05) is 17.3 Å². The van der Waals surface area contributed by atoms with Gasteiger partial charge in [0.1, 0.15) is 0 Å². The van der Waals surface area contributed by atoms with Crippen LogP contribution < -0.4 is 11.1 Å². The van der Waals surface area contributed by atoms with Gasteiger partial charge in [-0.3, -0.25) is 19.6 Å². The quantitative estimate of drug-likeness (QED) is 0.472. The Hall–Kier alpha value is -3.38. The molecule has 2 amide bonds. The van der Waals surface area contributed by atoms with E-state index in [4.69, 9.17) is 5.73 Å². The van der Waals surface area contributed by atoms with Crippen LogP contribution in [-0.4, -0.2) is 78.6 Å². The van der Waals surface area contributed by atoms with Crippen molar-refractivity contribution in [2.75, 3.05) is 37.2 Å². The molecule has 218 valence electrons. The number of piperidine rings is 2. The first kappa shape index (κ1) is 27.8. The van der Waals surface area contributed by atoms with E-state index < -0.39 is 0 Å². The topological polar surface area (TPSA) is 135 Å². The third-order valence-corrected chi connectivity index (χ3v) is 9.74. The molecule has 6 rings (SSSR count). The number of amides is 2. The third-order valence-electron chi connectivity index (χ3n) is 8.94. The molecule has 5 heterocycles. The number of thiazole rings is 1. The summed E-state index contributed by atoms with van der Waals surface area (Å²) in [5.41, 5.74) is 9.84. The number of aromatic nitrogens is 5. The first-order valence-corrected chi connectivity index (χ1v) is 15.4. The Bertz CT molecular complexity index is 1460. The number of hydrogen-bond donors (Lipinski definition) is 2. The van der Waals surface area contributed by atoms with Gasteiger partial charge in [-0.2, -0.15) is 5.10 Å². The van der Waals surface area contributed by atoms with Gasteiger partial charge in [0.25, 0.3) is 5.91 Å². The summed E-state index contributed by atoms with van der Waals surface area (Å²) >= 11 is 1.32. The van der Waals surface area contributed by atoms with Crippen molar-refractivity contribution in [3.63, 3.8) is 0 Å². The van der Waals surface area contributed by atoms with E-state index in [0.717, 1.165) is 48.7 Å². The molecule has 3 aromatic heterocycles. The average molecular weight is 578 g/mol. The van der Waals surface area contributed by atoms with Crippen molar-refractivity contribution >= 4 is 34.2 Å². The number of fused-ring (bicyclic) bond motifs is 3. The normalized spacial score (nSPS) is 19.6. The van der Waals surface area contributed by atoms with Crippen molar-refractivity contribution < 1.29 is 9.59 Å². The molecule has 3 aromatic rings. The number of nitrogen functional groups attached to an aromatic ring is 1. The summed E-state index contributed by atoms with van der Waals surface area (Å²) in [5.74, 6) is 0.781. The molecule has 12 heteroatoms. The van der Waals surface area contributed by atoms with Gasteiger partial charge in [-0.1, -0.05) is 20.8 Å². The van der Waals surface area contributed by atoms with Crippen LogP contribution in [0.15, 0.2) is 11.6 Å². The predicted molar refractivity (Wildman–Crippen MR) is 159 cm³/mol. The molecule has 0 saturated carbocycles. The number of hydrogen-bond acceptors (Lipinski definition) is 9. The SMILES string of the molecule is CC1CCN(C2CCN(C(=O)Cc3csc(NC(=O)c4nn(C)c5c4C(C)(C)Cc4cnc(N)nc4-5)n3)CC2)CC1. The van der Waals surface area contributed by atoms with Gasteiger partial charge in [0.2, 0.25) is 11.9 Å². The van der Waals surface area contributed by atoms with E-state index >= 15 is 0 Å². The summed E-state index contributed by atoms with van der Waals surface area (Å²) in [7, 11) is 1.81. The van der Waals surface area contributed by atoms with Crippen LogP contribution in [0.3, 0.4) is 0 Å². The van der Waals surface area contributed by atoms with Gasteiger partial charge >= 0.3 is 0 Å². The Morgan fingerprint density at radius 2 is 1.85 bits per heavy atom. The fraction of sp³-hybridized carbons (Fsp3) is 0.586. The fourth-order valence-corrected chi connectivity index (χ4v) is 7.36. The molecular formula is C29H39N9O2S. The molecule has 0 aromatic carbocycles. The molecular weight excluding hydrogens is 538 g/mol. The summed E-state index contributed by atoms with van der Waals surface area (Å²) in [5, 5.41) is 9.81.